The molecule has 0 fully saturated rings. The van der Waals surface area contributed by atoms with E-state index < -0.39 is 0 Å². The van der Waals surface area contributed by atoms with Crippen LogP contribution in [0.3, 0.4) is 0 Å². The summed E-state index contributed by atoms with van der Waals surface area (Å²) in [4.78, 5) is 0. The molecule has 134 valence electrons. The van der Waals surface area contributed by atoms with E-state index in [0.717, 1.165) is 34.1 Å². The predicted octanol–water partition coefficient (Wildman–Crippen LogP) is 4.19. The van der Waals surface area contributed by atoms with E-state index in [2.05, 4.69) is 24.4 Å². The molecule has 3 aromatic carbocycles. The van der Waals surface area contributed by atoms with Gasteiger partial charge >= 0.3 is 0 Å². The Morgan fingerprint density at radius 1 is 0.962 bits per heavy atom. The summed E-state index contributed by atoms with van der Waals surface area (Å²) in [7, 11) is 3.30. The zero-order chi connectivity index (χ0) is 18.3. The number of benzene rings is 3. The number of aromatic hydroxyl groups is 1. The molecular formula is C22H23NO3. The third kappa shape index (κ3) is 2.67. The van der Waals surface area contributed by atoms with Crippen molar-refractivity contribution in [3.63, 3.8) is 0 Å². The molecule has 4 nitrogen and oxygen atoms in total. The van der Waals surface area contributed by atoms with Crippen LogP contribution in [0.2, 0.25) is 0 Å². The van der Waals surface area contributed by atoms with Gasteiger partial charge in [0.25, 0.3) is 0 Å². The van der Waals surface area contributed by atoms with Gasteiger partial charge in [0.2, 0.25) is 0 Å². The first-order valence-electron chi connectivity index (χ1n) is 8.83. The summed E-state index contributed by atoms with van der Waals surface area (Å²) in [6, 6.07) is 16.2. The molecule has 0 aromatic heterocycles. The molecule has 2 N–H and O–H groups in total. The number of hydrogen-bond acceptors (Lipinski definition) is 4. The van der Waals surface area contributed by atoms with Gasteiger partial charge in [-0.25, -0.2) is 0 Å². The van der Waals surface area contributed by atoms with E-state index in [-0.39, 0.29) is 12.1 Å². The lowest BCUT2D eigenvalue weighted by atomic mass is 9.85. The molecule has 1 aliphatic rings. The smallest absolute Gasteiger partial charge is 0.161 e. The lowest BCUT2D eigenvalue weighted by molar-refractivity contribution is 0.351. The summed E-state index contributed by atoms with van der Waals surface area (Å²) in [6.07, 6.45) is 0.903. The minimum absolute atomic E-state index is 0.0989. The molecule has 1 heterocycles. The molecule has 4 rings (SSSR count). The Morgan fingerprint density at radius 3 is 2.46 bits per heavy atom. The van der Waals surface area contributed by atoms with E-state index in [9.17, 15) is 5.11 Å². The molecule has 2 atom stereocenters. The summed E-state index contributed by atoms with van der Waals surface area (Å²) in [5.74, 6) is 1.77. The Balaban J connectivity index is 1.90. The maximum Gasteiger partial charge on any atom is 0.161 e. The quantitative estimate of drug-likeness (QED) is 0.745. The first kappa shape index (κ1) is 16.7. The molecular weight excluding hydrogens is 326 g/mol. The van der Waals surface area contributed by atoms with Crippen molar-refractivity contribution in [1.82, 2.24) is 5.32 Å². The topological polar surface area (TPSA) is 50.7 Å². The number of methoxy groups -OCH3 is 2. The summed E-state index contributed by atoms with van der Waals surface area (Å²) in [5, 5.41) is 16.5. The zero-order valence-electron chi connectivity index (χ0n) is 15.2. The van der Waals surface area contributed by atoms with Crippen molar-refractivity contribution in [1.29, 1.82) is 0 Å². The van der Waals surface area contributed by atoms with Gasteiger partial charge < -0.3 is 19.9 Å². The molecule has 1 aliphatic heterocycles. The molecule has 3 aromatic rings. The number of fused-ring (bicyclic) bond motifs is 2. The van der Waals surface area contributed by atoms with Gasteiger partial charge in [-0.1, -0.05) is 36.4 Å². The minimum Gasteiger partial charge on any atom is -0.507 e. The second-order valence-corrected chi connectivity index (χ2v) is 6.84. The third-order valence-corrected chi connectivity index (χ3v) is 5.18. The molecule has 26 heavy (non-hydrogen) atoms. The molecule has 0 amide bonds. The Labute approximate surface area is 153 Å². The van der Waals surface area contributed by atoms with Crippen LogP contribution in [-0.4, -0.2) is 25.4 Å². The molecule has 0 aliphatic carbocycles. The van der Waals surface area contributed by atoms with Crippen LogP contribution in [0.5, 0.6) is 17.2 Å². The van der Waals surface area contributed by atoms with Crippen LogP contribution in [0.1, 0.15) is 29.7 Å². The first-order valence-corrected chi connectivity index (χ1v) is 8.83. The SMILES string of the molecule is COc1cc2c(cc1OC)[C@@H](c1ccc3ccccc3c1O)N[C@H](C)C2. The van der Waals surface area contributed by atoms with Crippen molar-refractivity contribution in [2.24, 2.45) is 0 Å². The van der Waals surface area contributed by atoms with E-state index in [4.69, 9.17) is 9.47 Å². The summed E-state index contributed by atoms with van der Waals surface area (Å²) in [5.41, 5.74) is 3.21. The highest BCUT2D eigenvalue weighted by Gasteiger charge is 2.29. The van der Waals surface area contributed by atoms with Crippen LogP contribution >= 0.6 is 0 Å². The van der Waals surface area contributed by atoms with Crippen LogP contribution in [0.15, 0.2) is 48.5 Å². The Hall–Kier alpha value is -2.72. The molecule has 0 unspecified atom stereocenters. The van der Waals surface area contributed by atoms with Gasteiger partial charge in [-0.15, -0.1) is 0 Å². The second kappa shape index (κ2) is 6.54. The molecule has 0 spiro atoms. The van der Waals surface area contributed by atoms with E-state index in [1.165, 1.54) is 5.56 Å². The van der Waals surface area contributed by atoms with Gasteiger partial charge in [-0.05, 0) is 42.0 Å². The third-order valence-electron chi connectivity index (χ3n) is 5.18. The van der Waals surface area contributed by atoms with E-state index in [0.29, 0.717) is 11.5 Å². The fourth-order valence-electron chi connectivity index (χ4n) is 3.91. The Kier molecular flexibility index (Phi) is 4.21. The highest BCUT2D eigenvalue weighted by molar-refractivity contribution is 5.89. The van der Waals surface area contributed by atoms with Crippen LogP contribution < -0.4 is 14.8 Å². The van der Waals surface area contributed by atoms with E-state index in [1.807, 2.05) is 36.4 Å². The Morgan fingerprint density at radius 2 is 1.69 bits per heavy atom. The van der Waals surface area contributed by atoms with Crippen molar-refractivity contribution in [2.75, 3.05) is 14.2 Å². The maximum absolute atomic E-state index is 10.9. The normalized spacial score (nSPS) is 19.2. The second-order valence-electron chi connectivity index (χ2n) is 6.84. The molecule has 0 bridgehead atoms. The summed E-state index contributed by atoms with van der Waals surface area (Å²) >= 11 is 0. The first-order chi connectivity index (χ1) is 12.6. The number of hydrogen-bond donors (Lipinski definition) is 2. The van der Waals surface area contributed by atoms with Crippen molar-refractivity contribution >= 4 is 10.8 Å². The maximum atomic E-state index is 10.9. The van der Waals surface area contributed by atoms with Crippen molar-refractivity contribution < 1.29 is 14.6 Å². The average molecular weight is 349 g/mol. The van der Waals surface area contributed by atoms with Gasteiger partial charge in [0.05, 0.1) is 20.3 Å². The summed E-state index contributed by atoms with van der Waals surface area (Å²) < 4.78 is 11.0. The van der Waals surface area contributed by atoms with Crippen LogP contribution in [0.25, 0.3) is 10.8 Å². The minimum atomic E-state index is -0.0989. The number of phenolic OH excluding ortho intramolecular Hbond substituents is 1. The fraction of sp³-hybridized carbons (Fsp3) is 0.273. The van der Waals surface area contributed by atoms with E-state index >= 15 is 0 Å². The molecule has 0 saturated carbocycles. The molecule has 0 saturated heterocycles. The van der Waals surface area contributed by atoms with Gasteiger partial charge in [0.15, 0.2) is 11.5 Å². The average Bonchev–Trinajstić information content (AvgIpc) is 2.67. The Bertz CT molecular complexity index is 967. The standard InChI is InChI=1S/C22H23NO3/c1-13-10-15-11-19(25-2)20(26-3)12-18(15)21(23-13)17-9-8-14-6-4-5-7-16(14)22(17)24/h4-9,11-13,21,23-24H,10H2,1-3H3/t13-,21-/m1/s1. The lowest BCUT2D eigenvalue weighted by Crippen LogP contribution is -2.38. The summed E-state index contributed by atoms with van der Waals surface area (Å²) in [6.45, 7) is 2.16. The number of ether oxygens (including phenoxy) is 2. The monoisotopic (exact) mass is 349 g/mol. The van der Waals surface area contributed by atoms with Gasteiger partial charge in [-0.2, -0.15) is 0 Å². The van der Waals surface area contributed by atoms with Crippen LogP contribution in [-0.2, 0) is 6.42 Å². The lowest BCUT2D eigenvalue weighted by Gasteiger charge is -2.33. The van der Waals surface area contributed by atoms with Crippen LogP contribution in [0, 0.1) is 0 Å². The zero-order valence-corrected chi connectivity index (χ0v) is 15.2. The van der Waals surface area contributed by atoms with Gasteiger partial charge in [-0.3, -0.25) is 0 Å². The fourth-order valence-corrected chi connectivity index (χ4v) is 3.91. The largest absolute Gasteiger partial charge is 0.507 e. The number of rotatable bonds is 3. The highest BCUT2D eigenvalue weighted by atomic mass is 16.5. The molecule has 0 radical (unpaired) electrons. The van der Waals surface area contributed by atoms with Crippen molar-refractivity contribution in [2.45, 2.75) is 25.4 Å². The van der Waals surface area contributed by atoms with Crippen LogP contribution in [0.4, 0.5) is 0 Å². The van der Waals surface area contributed by atoms with Gasteiger partial charge in [0.1, 0.15) is 5.75 Å². The van der Waals surface area contributed by atoms with Crippen molar-refractivity contribution in [3.8, 4) is 17.2 Å². The van der Waals surface area contributed by atoms with E-state index in [1.54, 1.807) is 14.2 Å². The predicted molar refractivity (Wildman–Crippen MR) is 103 cm³/mol. The number of nitrogens with one attached hydrogen (secondary N) is 1. The van der Waals surface area contributed by atoms with Crippen molar-refractivity contribution in [3.05, 3.63) is 65.2 Å². The highest BCUT2D eigenvalue weighted by Crippen LogP contribution is 2.42. The van der Waals surface area contributed by atoms with Gasteiger partial charge in [0, 0.05) is 17.0 Å². The molecule has 4 heteroatoms. The number of phenols is 1.